The van der Waals surface area contributed by atoms with Gasteiger partial charge in [0.15, 0.2) is 0 Å². The van der Waals surface area contributed by atoms with Crippen LogP contribution in [-0.4, -0.2) is 29.1 Å². The van der Waals surface area contributed by atoms with E-state index in [1.54, 1.807) is 6.20 Å². The second-order valence-corrected chi connectivity index (χ2v) is 4.20. The molecule has 0 saturated heterocycles. The van der Waals surface area contributed by atoms with Crippen molar-refractivity contribution < 1.29 is 4.79 Å². The van der Waals surface area contributed by atoms with E-state index in [-0.39, 0.29) is 18.3 Å². The first-order chi connectivity index (χ1) is 7.63. The number of rotatable bonds is 6. The summed E-state index contributed by atoms with van der Waals surface area (Å²) in [6.07, 6.45) is 4.05. The number of amides is 1. The number of imidazole rings is 1. The lowest BCUT2D eigenvalue weighted by Crippen LogP contribution is -2.21. The van der Waals surface area contributed by atoms with E-state index in [1.165, 1.54) is 0 Å². The molecule has 0 fully saturated rings. The number of carbonyl (C=O) groups is 1. The number of aromatic nitrogens is 2. The molecule has 0 bridgehead atoms. The third kappa shape index (κ3) is 5.70. The van der Waals surface area contributed by atoms with Gasteiger partial charge >= 0.3 is 0 Å². The third-order valence-electron chi connectivity index (χ3n) is 2.13. The molecular formula is C11H21ClN4O. The molecule has 0 saturated carbocycles. The van der Waals surface area contributed by atoms with E-state index in [4.69, 9.17) is 0 Å². The maximum atomic E-state index is 11.5. The van der Waals surface area contributed by atoms with Crippen LogP contribution in [0.1, 0.15) is 20.3 Å². The number of halogens is 1. The zero-order chi connectivity index (χ0) is 12.0. The Hall–Kier alpha value is -1.07. The Kier molecular flexibility index (Phi) is 7.58. The van der Waals surface area contributed by atoms with Crippen LogP contribution in [0.2, 0.25) is 0 Å². The van der Waals surface area contributed by atoms with Crippen molar-refractivity contribution in [1.29, 1.82) is 0 Å². The van der Waals surface area contributed by atoms with E-state index in [0.29, 0.717) is 24.8 Å². The van der Waals surface area contributed by atoms with E-state index in [1.807, 2.05) is 17.8 Å². The number of hydrogen-bond acceptors (Lipinski definition) is 3. The maximum Gasteiger partial charge on any atom is 0.227 e. The normalized spacial score (nSPS) is 10.1. The van der Waals surface area contributed by atoms with E-state index < -0.39 is 0 Å². The fourth-order valence-electron chi connectivity index (χ4n) is 1.40. The Morgan fingerprint density at radius 1 is 1.53 bits per heavy atom. The van der Waals surface area contributed by atoms with Crippen LogP contribution < -0.4 is 10.6 Å². The fourth-order valence-corrected chi connectivity index (χ4v) is 1.40. The average molecular weight is 261 g/mol. The van der Waals surface area contributed by atoms with E-state index in [2.05, 4.69) is 29.5 Å². The van der Waals surface area contributed by atoms with Crippen LogP contribution in [0.3, 0.4) is 0 Å². The third-order valence-corrected chi connectivity index (χ3v) is 2.13. The Morgan fingerprint density at radius 2 is 2.24 bits per heavy atom. The van der Waals surface area contributed by atoms with E-state index >= 15 is 0 Å². The Bertz CT molecular complexity index is 338. The molecule has 0 unspecified atom stereocenters. The van der Waals surface area contributed by atoms with Crippen molar-refractivity contribution in [2.75, 3.05) is 18.9 Å². The summed E-state index contributed by atoms with van der Waals surface area (Å²) < 4.78 is 1.96. The molecule has 1 aromatic heterocycles. The maximum absolute atomic E-state index is 11.5. The second-order valence-electron chi connectivity index (χ2n) is 4.20. The van der Waals surface area contributed by atoms with Gasteiger partial charge in [-0.25, -0.2) is 4.98 Å². The Morgan fingerprint density at radius 3 is 2.82 bits per heavy atom. The number of anilines is 1. The molecule has 6 heteroatoms. The minimum absolute atomic E-state index is 0. The Labute approximate surface area is 108 Å². The van der Waals surface area contributed by atoms with Crippen LogP contribution in [0, 0.1) is 5.92 Å². The van der Waals surface area contributed by atoms with E-state index in [0.717, 1.165) is 6.54 Å². The number of hydrogen-bond donors (Lipinski definition) is 2. The van der Waals surface area contributed by atoms with Crippen molar-refractivity contribution >= 4 is 24.3 Å². The van der Waals surface area contributed by atoms with Gasteiger partial charge in [-0.1, -0.05) is 13.8 Å². The van der Waals surface area contributed by atoms with Crippen molar-refractivity contribution in [2.24, 2.45) is 5.92 Å². The molecule has 0 radical (unpaired) electrons. The van der Waals surface area contributed by atoms with Gasteiger partial charge in [-0.15, -0.1) is 12.4 Å². The Balaban J connectivity index is 0.00000256. The molecule has 0 aliphatic rings. The van der Waals surface area contributed by atoms with Crippen LogP contribution in [0.25, 0.3) is 0 Å². The largest absolute Gasteiger partial charge is 0.319 e. The monoisotopic (exact) mass is 260 g/mol. The van der Waals surface area contributed by atoms with Crippen LogP contribution >= 0.6 is 12.4 Å². The summed E-state index contributed by atoms with van der Waals surface area (Å²) in [5.74, 6) is 1.16. The molecule has 5 nitrogen and oxygen atoms in total. The molecular weight excluding hydrogens is 240 g/mol. The standard InChI is InChI=1S/C11H20N4O.ClH/c1-9(2)8-15-7-6-13-11(15)14-10(16)4-5-12-3;/h6-7,9,12H,4-5,8H2,1-3H3,(H,13,14,16);1H. The number of nitrogens with one attached hydrogen (secondary N) is 2. The van der Waals surface area contributed by atoms with Crippen LogP contribution in [0.4, 0.5) is 5.95 Å². The van der Waals surface area contributed by atoms with Gasteiger partial charge in [0.2, 0.25) is 11.9 Å². The highest BCUT2D eigenvalue weighted by molar-refractivity contribution is 5.89. The summed E-state index contributed by atoms with van der Waals surface area (Å²) in [6, 6.07) is 0. The predicted molar refractivity (Wildman–Crippen MR) is 71.5 cm³/mol. The summed E-state index contributed by atoms with van der Waals surface area (Å²) in [5.41, 5.74) is 0. The van der Waals surface area contributed by atoms with Crippen LogP contribution in [0.15, 0.2) is 12.4 Å². The highest BCUT2D eigenvalue weighted by Gasteiger charge is 2.07. The summed E-state index contributed by atoms with van der Waals surface area (Å²) in [5, 5.41) is 5.74. The molecule has 1 aromatic rings. The van der Waals surface area contributed by atoms with Crippen molar-refractivity contribution in [3.63, 3.8) is 0 Å². The molecule has 0 aliphatic heterocycles. The zero-order valence-electron chi connectivity index (χ0n) is 10.6. The molecule has 0 aliphatic carbocycles. The lowest BCUT2D eigenvalue weighted by Gasteiger charge is -2.10. The van der Waals surface area contributed by atoms with Crippen molar-refractivity contribution in [3.05, 3.63) is 12.4 Å². The summed E-state index contributed by atoms with van der Waals surface area (Å²) in [7, 11) is 1.83. The van der Waals surface area contributed by atoms with Crippen molar-refractivity contribution in [2.45, 2.75) is 26.8 Å². The molecule has 2 N–H and O–H groups in total. The van der Waals surface area contributed by atoms with Gasteiger partial charge in [-0.2, -0.15) is 0 Å². The molecule has 1 rings (SSSR count). The second kappa shape index (κ2) is 8.08. The average Bonchev–Trinajstić information content (AvgIpc) is 2.62. The molecule has 0 aromatic carbocycles. The van der Waals surface area contributed by atoms with E-state index in [9.17, 15) is 4.79 Å². The van der Waals surface area contributed by atoms with Gasteiger partial charge < -0.3 is 9.88 Å². The van der Waals surface area contributed by atoms with Gasteiger partial charge in [0.25, 0.3) is 0 Å². The number of carbonyl (C=O) groups excluding carboxylic acids is 1. The minimum Gasteiger partial charge on any atom is -0.319 e. The first kappa shape index (κ1) is 15.9. The minimum atomic E-state index is -0.00874. The first-order valence-electron chi connectivity index (χ1n) is 5.59. The zero-order valence-corrected chi connectivity index (χ0v) is 11.4. The predicted octanol–water partition coefficient (Wildman–Crippen LogP) is 1.51. The van der Waals surface area contributed by atoms with Crippen LogP contribution in [0.5, 0.6) is 0 Å². The first-order valence-corrected chi connectivity index (χ1v) is 5.59. The molecule has 0 atom stereocenters. The van der Waals surface area contributed by atoms with Crippen molar-refractivity contribution in [1.82, 2.24) is 14.9 Å². The lowest BCUT2D eigenvalue weighted by molar-refractivity contribution is -0.116. The number of nitrogens with zero attached hydrogens (tertiary/aromatic N) is 2. The van der Waals surface area contributed by atoms with Gasteiger partial charge in [0, 0.05) is 31.9 Å². The van der Waals surface area contributed by atoms with Gasteiger partial charge in [-0.05, 0) is 13.0 Å². The smallest absolute Gasteiger partial charge is 0.227 e. The quantitative estimate of drug-likeness (QED) is 0.815. The van der Waals surface area contributed by atoms with Crippen LogP contribution in [-0.2, 0) is 11.3 Å². The molecule has 0 spiro atoms. The van der Waals surface area contributed by atoms with Gasteiger partial charge in [0.1, 0.15) is 0 Å². The van der Waals surface area contributed by atoms with Gasteiger partial charge in [0.05, 0.1) is 0 Å². The van der Waals surface area contributed by atoms with Gasteiger partial charge in [-0.3, -0.25) is 10.1 Å². The topological polar surface area (TPSA) is 59.0 Å². The molecule has 98 valence electrons. The highest BCUT2D eigenvalue weighted by Crippen LogP contribution is 2.08. The fraction of sp³-hybridized carbons (Fsp3) is 0.636. The lowest BCUT2D eigenvalue weighted by atomic mass is 10.2. The highest BCUT2D eigenvalue weighted by atomic mass is 35.5. The molecule has 1 heterocycles. The summed E-state index contributed by atoms with van der Waals surface area (Å²) >= 11 is 0. The molecule has 1 amide bonds. The molecule has 17 heavy (non-hydrogen) atoms. The van der Waals surface area contributed by atoms with Crippen molar-refractivity contribution in [3.8, 4) is 0 Å². The summed E-state index contributed by atoms with van der Waals surface area (Å²) in [6.45, 7) is 5.80. The SMILES string of the molecule is CNCCC(=O)Nc1nccn1CC(C)C.Cl. The summed E-state index contributed by atoms with van der Waals surface area (Å²) in [4.78, 5) is 15.6.